The van der Waals surface area contributed by atoms with E-state index in [1.54, 1.807) is 0 Å². The van der Waals surface area contributed by atoms with E-state index >= 15 is 0 Å². The Morgan fingerprint density at radius 2 is 1.05 bits per heavy atom. The molecule has 2 aliphatic rings. The third-order valence-electron chi connectivity index (χ3n) is 6.60. The molecule has 0 saturated carbocycles. The molecule has 2 aliphatic heterocycles. The predicted molar refractivity (Wildman–Crippen MR) is 123 cm³/mol. The molecule has 16 nitrogen and oxygen atoms in total. The van der Waals surface area contributed by atoms with Crippen LogP contribution in [0.2, 0.25) is 0 Å². The summed E-state index contributed by atoms with van der Waals surface area (Å²) in [5, 5.41) is 59.7. The summed E-state index contributed by atoms with van der Waals surface area (Å²) >= 11 is 0. The van der Waals surface area contributed by atoms with Crippen molar-refractivity contribution in [3.63, 3.8) is 0 Å². The van der Waals surface area contributed by atoms with E-state index in [1.165, 1.54) is 34.4 Å². The molecule has 4 aromatic rings. The second kappa shape index (κ2) is 9.58. The van der Waals surface area contributed by atoms with Crippen molar-refractivity contribution in [2.75, 3.05) is 13.2 Å². The van der Waals surface area contributed by atoms with Gasteiger partial charge in [0.15, 0.2) is 23.8 Å². The molecule has 0 unspecified atom stereocenters. The molecule has 38 heavy (non-hydrogen) atoms. The molecule has 0 aromatic carbocycles. The Bertz CT molecular complexity index is 1440. The van der Waals surface area contributed by atoms with Gasteiger partial charge in [-0.3, -0.25) is 9.13 Å². The molecule has 6 heterocycles. The predicted octanol–water partition coefficient (Wildman–Crippen LogP) is -3.41. The van der Waals surface area contributed by atoms with Gasteiger partial charge in [0.2, 0.25) is 0 Å². The van der Waals surface area contributed by atoms with Gasteiger partial charge in [0.25, 0.3) is 0 Å². The molecule has 0 aliphatic carbocycles. The van der Waals surface area contributed by atoms with Crippen LogP contribution in [-0.2, 0) is 9.47 Å². The van der Waals surface area contributed by atoms with Crippen LogP contribution in [0.25, 0.3) is 22.3 Å². The number of fused-ring (bicyclic) bond motifs is 2. The van der Waals surface area contributed by atoms with Crippen LogP contribution in [0.4, 0.5) is 0 Å². The number of aromatic nitrogens is 8. The molecule has 198 valence electrons. The Kier molecular flexibility index (Phi) is 6.22. The van der Waals surface area contributed by atoms with Gasteiger partial charge >= 0.3 is 0 Å². The summed E-state index contributed by atoms with van der Waals surface area (Å²) < 4.78 is 14.0. The molecule has 4 aromatic heterocycles. The minimum Gasteiger partial charge on any atom is -0.394 e. The summed E-state index contributed by atoms with van der Waals surface area (Å²) in [6, 6.07) is 0. The minimum absolute atomic E-state index is 0.246. The average Bonchev–Trinajstić information content (AvgIpc) is 3.69. The van der Waals surface area contributed by atoms with E-state index in [-0.39, 0.29) is 11.4 Å². The zero-order valence-electron chi connectivity index (χ0n) is 19.4. The molecular formula is C22H22N8O8. The second-order valence-corrected chi connectivity index (χ2v) is 8.80. The molecule has 0 spiro atoms. The third-order valence-corrected chi connectivity index (χ3v) is 6.60. The highest BCUT2D eigenvalue weighted by atomic mass is 16.6. The van der Waals surface area contributed by atoms with E-state index in [1.807, 2.05) is 0 Å². The summed E-state index contributed by atoms with van der Waals surface area (Å²) in [5.41, 5.74) is 1.69. The highest BCUT2D eigenvalue weighted by Crippen LogP contribution is 2.32. The lowest BCUT2D eigenvalue weighted by Crippen LogP contribution is -2.33. The maximum atomic E-state index is 10.4. The topological polar surface area (TPSA) is 227 Å². The number of aliphatic hydroxyl groups excluding tert-OH is 6. The number of aliphatic hydroxyl groups is 6. The Morgan fingerprint density at radius 3 is 1.42 bits per heavy atom. The van der Waals surface area contributed by atoms with Gasteiger partial charge in [-0.05, 0) is 11.8 Å². The molecule has 2 saturated heterocycles. The fraction of sp³-hybridized carbons (Fsp3) is 0.455. The number of hydrogen-bond donors (Lipinski definition) is 6. The van der Waals surface area contributed by atoms with Gasteiger partial charge in [0.05, 0.1) is 25.9 Å². The lowest BCUT2D eigenvalue weighted by Gasteiger charge is -2.16. The van der Waals surface area contributed by atoms with Gasteiger partial charge in [-0.15, -0.1) is 0 Å². The van der Waals surface area contributed by atoms with Crippen LogP contribution < -0.4 is 0 Å². The minimum atomic E-state index is -1.31. The standard InChI is InChI=1S/C22H22N8O8/c31-3-11-15(33)17(35)21(37-11)29-7-27-13-9(23-5-25-19(13)29)1-2-10-14-20(26-6-24-10)30(8-28-14)22-18(36)16(34)12(4-32)38-22/h5-8,11-12,15-18,21-22,31-36H,3-4H2/t11-,12-,15-,16-,17-,18-,21-,22-/m1/s1. The first-order valence-electron chi connectivity index (χ1n) is 11.5. The normalized spacial score (nSPS) is 31.2. The molecule has 6 N–H and O–H groups in total. The van der Waals surface area contributed by atoms with Crippen molar-refractivity contribution in [3.05, 3.63) is 36.7 Å². The first-order chi connectivity index (χ1) is 18.4. The number of rotatable bonds is 4. The van der Waals surface area contributed by atoms with Crippen LogP contribution in [0.15, 0.2) is 25.3 Å². The summed E-state index contributed by atoms with van der Waals surface area (Å²) in [6.45, 7) is -0.935. The molecule has 2 fully saturated rings. The van der Waals surface area contributed by atoms with Crippen molar-refractivity contribution >= 4 is 22.3 Å². The largest absolute Gasteiger partial charge is 0.394 e. The second-order valence-electron chi connectivity index (χ2n) is 8.80. The lowest BCUT2D eigenvalue weighted by atomic mass is 10.1. The summed E-state index contributed by atoms with van der Waals surface area (Å²) in [5.74, 6) is 5.78. The van der Waals surface area contributed by atoms with E-state index in [4.69, 9.17) is 9.47 Å². The van der Waals surface area contributed by atoms with Crippen LogP contribution in [0.1, 0.15) is 23.8 Å². The van der Waals surface area contributed by atoms with E-state index in [0.29, 0.717) is 22.3 Å². The molecule has 6 rings (SSSR count). The maximum Gasteiger partial charge on any atom is 0.166 e. The van der Waals surface area contributed by atoms with Gasteiger partial charge in [0, 0.05) is 0 Å². The van der Waals surface area contributed by atoms with Crippen LogP contribution in [0, 0.1) is 11.8 Å². The quantitative estimate of drug-likeness (QED) is 0.142. The highest BCUT2D eigenvalue weighted by Gasteiger charge is 2.45. The van der Waals surface area contributed by atoms with Gasteiger partial charge in [-0.1, -0.05) is 0 Å². The summed E-state index contributed by atoms with van der Waals surface area (Å²) in [7, 11) is 0. The zero-order chi connectivity index (χ0) is 26.6. The highest BCUT2D eigenvalue weighted by molar-refractivity contribution is 5.79. The van der Waals surface area contributed by atoms with E-state index in [9.17, 15) is 30.6 Å². The Morgan fingerprint density at radius 1 is 0.632 bits per heavy atom. The van der Waals surface area contributed by atoms with Crippen molar-refractivity contribution in [2.24, 2.45) is 0 Å². The molecule has 0 bridgehead atoms. The van der Waals surface area contributed by atoms with Crippen molar-refractivity contribution in [1.82, 2.24) is 39.0 Å². The number of nitrogens with zero attached hydrogens (tertiary/aromatic N) is 8. The van der Waals surface area contributed by atoms with Gasteiger partial charge in [0.1, 0.15) is 71.7 Å². The van der Waals surface area contributed by atoms with E-state index in [2.05, 4.69) is 41.7 Å². The number of imidazole rings is 2. The first-order valence-corrected chi connectivity index (χ1v) is 11.5. The van der Waals surface area contributed by atoms with Crippen molar-refractivity contribution in [2.45, 2.75) is 49.1 Å². The molecular weight excluding hydrogens is 504 g/mol. The van der Waals surface area contributed by atoms with Gasteiger partial charge in [-0.2, -0.15) is 0 Å². The van der Waals surface area contributed by atoms with Crippen LogP contribution in [0.5, 0.6) is 0 Å². The summed E-state index contributed by atoms with van der Waals surface area (Å²) in [4.78, 5) is 25.4. The monoisotopic (exact) mass is 526 g/mol. The van der Waals surface area contributed by atoms with Crippen molar-refractivity contribution in [3.8, 4) is 11.8 Å². The fourth-order valence-electron chi connectivity index (χ4n) is 4.60. The molecule has 8 atom stereocenters. The maximum absolute atomic E-state index is 10.4. The Labute approximate surface area is 212 Å². The SMILES string of the molecule is OC[C@H]1O[C@@H](n2cnc3c(C#Cc4ncnc5c4ncn5[C@@H]4O[C@H](CO)[C@@H](O)[C@H]4O)ncnc32)[C@H](O)[C@@H]1O. The van der Waals surface area contributed by atoms with Crippen LogP contribution >= 0.6 is 0 Å². The van der Waals surface area contributed by atoms with Crippen molar-refractivity contribution in [1.29, 1.82) is 0 Å². The average molecular weight is 526 g/mol. The molecule has 0 amide bonds. The lowest BCUT2D eigenvalue weighted by molar-refractivity contribution is -0.0511. The van der Waals surface area contributed by atoms with Crippen LogP contribution in [-0.4, -0.2) is 120 Å². The number of hydrogen-bond acceptors (Lipinski definition) is 14. The van der Waals surface area contributed by atoms with Gasteiger partial charge < -0.3 is 40.1 Å². The van der Waals surface area contributed by atoms with Crippen molar-refractivity contribution < 1.29 is 40.1 Å². The molecule has 16 heteroatoms. The fourth-order valence-corrected chi connectivity index (χ4v) is 4.60. The van der Waals surface area contributed by atoms with Crippen LogP contribution in [0.3, 0.4) is 0 Å². The zero-order valence-corrected chi connectivity index (χ0v) is 19.4. The molecule has 0 radical (unpaired) electrons. The van der Waals surface area contributed by atoms with E-state index < -0.39 is 62.3 Å². The van der Waals surface area contributed by atoms with E-state index in [0.717, 1.165) is 0 Å². The summed E-state index contributed by atoms with van der Waals surface area (Å²) in [6.07, 6.45) is -3.87. The smallest absolute Gasteiger partial charge is 0.166 e. The first kappa shape index (κ1) is 24.7. The van der Waals surface area contributed by atoms with Gasteiger partial charge in [-0.25, -0.2) is 29.9 Å². The Balaban J connectivity index is 1.33. The Hall–Kier alpha value is -3.66. The third kappa shape index (κ3) is 3.81. The number of ether oxygens (including phenoxy) is 2.